The summed E-state index contributed by atoms with van der Waals surface area (Å²) in [5.74, 6) is 0.0441. The molecule has 6 heteroatoms. The van der Waals surface area contributed by atoms with Crippen LogP contribution in [-0.4, -0.2) is 40.2 Å². The number of hydrogen-bond acceptors (Lipinski definition) is 5. The Morgan fingerprint density at radius 1 is 1.35 bits per heavy atom. The van der Waals surface area contributed by atoms with Gasteiger partial charge in [0.15, 0.2) is 0 Å². The molecule has 5 nitrogen and oxygen atoms in total. The second-order valence-corrected chi connectivity index (χ2v) is 5.91. The van der Waals surface area contributed by atoms with Crippen molar-refractivity contribution < 1.29 is 19.4 Å². The van der Waals surface area contributed by atoms with E-state index >= 15 is 0 Å². The number of aliphatic carboxylic acids is 1. The molecule has 0 saturated heterocycles. The van der Waals surface area contributed by atoms with Crippen LogP contribution in [0.5, 0.6) is 0 Å². The maximum atomic E-state index is 11.3. The number of carboxylic acid groups (broad SMARTS) is 1. The van der Waals surface area contributed by atoms with Gasteiger partial charge in [0.2, 0.25) is 0 Å². The molecule has 0 aromatic carbocycles. The third kappa shape index (κ3) is 10.1. The molecule has 0 spiro atoms. The lowest BCUT2D eigenvalue weighted by molar-refractivity contribution is -0.154. The van der Waals surface area contributed by atoms with Crippen LogP contribution in [0.4, 0.5) is 0 Å². The summed E-state index contributed by atoms with van der Waals surface area (Å²) in [6.45, 7) is 5.47. The minimum Gasteiger partial charge on any atom is -0.480 e. The zero-order chi connectivity index (χ0) is 13.5. The molecule has 0 fully saturated rings. The highest BCUT2D eigenvalue weighted by molar-refractivity contribution is 7.99. The highest BCUT2D eigenvalue weighted by Crippen LogP contribution is 2.11. The van der Waals surface area contributed by atoms with E-state index in [0.717, 1.165) is 0 Å². The van der Waals surface area contributed by atoms with Crippen molar-refractivity contribution in [1.29, 1.82) is 0 Å². The van der Waals surface area contributed by atoms with E-state index in [1.807, 2.05) is 20.8 Å². The molecule has 0 amide bonds. The normalized spacial score (nSPS) is 13.2. The van der Waals surface area contributed by atoms with Crippen LogP contribution in [0, 0.1) is 0 Å². The van der Waals surface area contributed by atoms with Crippen molar-refractivity contribution in [2.75, 3.05) is 11.5 Å². The Hall–Kier alpha value is -0.750. The summed E-state index contributed by atoms with van der Waals surface area (Å²) in [4.78, 5) is 21.7. The quantitative estimate of drug-likeness (QED) is 0.531. The van der Waals surface area contributed by atoms with Crippen molar-refractivity contribution in [3.63, 3.8) is 0 Å². The number of nitrogens with two attached hydrogens (primary N) is 1. The van der Waals surface area contributed by atoms with Gasteiger partial charge in [0, 0.05) is 5.75 Å². The van der Waals surface area contributed by atoms with Crippen molar-refractivity contribution in [1.82, 2.24) is 0 Å². The maximum absolute atomic E-state index is 11.3. The van der Waals surface area contributed by atoms with Gasteiger partial charge < -0.3 is 15.6 Å². The van der Waals surface area contributed by atoms with Crippen LogP contribution in [0.15, 0.2) is 0 Å². The third-order valence-electron chi connectivity index (χ3n) is 1.76. The predicted octanol–water partition coefficient (Wildman–Crippen LogP) is 1.25. The molecule has 0 aliphatic heterocycles. The molecule has 0 bridgehead atoms. The summed E-state index contributed by atoms with van der Waals surface area (Å²) >= 11 is 1.51. The Morgan fingerprint density at radius 3 is 2.41 bits per heavy atom. The van der Waals surface area contributed by atoms with Crippen LogP contribution in [-0.2, 0) is 14.3 Å². The van der Waals surface area contributed by atoms with Crippen LogP contribution < -0.4 is 5.73 Å². The molecule has 17 heavy (non-hydrogen) atoms. The Bertz CT molecular complexity index is 263. The molecule has 0 rings (SSSR count). The summed E-state index contributed by atoms with van der Waals surface area (Å²) in [5.41, 5.74) is 4.89. The Kier molecular flexibility index (Phi) is 7.22. The molecule has 0 heterocycles. The molecule has 0 aromatic heterocycles. The van der Waals surface area contributed by atoms with E-state index in [2.05, 4.69) is 0 Å². The monoisotopic (exact) mass is 263 g/mol. The molecule has 0 aromatic rings. The molecular weight excluding hydrogens is 242 g/mol. The number of carboxylic acids is 1. The Morgan fingerprint density at radius 2 is 1.94 bits per heavy atom. The molecule has 3 N–H and O–H groups in total. The van der Waals surface area contributed by atoms with Gasteiger partial charge in [-0.25, -0.2) is 0 Å². The van der Waals surface area contributed by atoms with Crippen LogP contribution >= 0.6 is 11.8 Å². The van der Waals surface area contributed by atoms with Gasteiger partial charge in [0.25, 0.3) is 0 Å². The fourth-order valence-corrected chi connectivity index (χ4v) is 1.92. The maximum Gasteiger partial charge on any atom is 0.320 e. The van der Waals surface area contributed by atoms with Gasteiger partial charge >= 0.3 is 11.9 Å². The van der Waals surface area contributed by atoms with E-state index in [9.17, 15) is 9.59 Å². The SMILES string of the molecule is CC(C)(C)OC(=O)CCSCC[C@@H](N)C(=O)O. The average Bonchev–Trinajstić information content (AvgIpc) is 2.13. The molecular formula is C11H21NO4S. The zero-order valence-corrected chi connectivity index (χ0v) is 11.4. The van der Waals surface area contributed by atoms with Crippen molar-refractivity contribution in [3.8, 4) is 0 Å². The standard InChI is InChI=1S/C11H21NO4S/c1-11(2,3)16-9(13)5-7-17-6-4-8(12)10(14)15/h8H,4-7,12H2,1-3H3,(H,14,15)/t8-/m1/s1. The van der Waals surface area contributed by atoms with Gasteiger partial charge in [-0.15, -0.1) is 0 Å². The minimum absolute atomic E-state index is 0.229. The van der Waals surface area contributed by atoms with E-state index in [0.29, 0.717) is 24.3 Å². The number of carbonyl (C=O) groups is 2. The van der Waals surface area contributed by atoms with Crippen molar-refractivity contribution in [2.45, 2.75) is 45.3 Å². The highest BCUT2D eigenvalue weighted by atomic mass is 32.2. The van der Waals surface area contributed by atoms with E-state index in [1.54, 1.807) is 0 Å². The van der Waals surface area contributed by atoms with Gasteiger partial charge in [-0.2, -0.15) is 11.8 Å². The predicted molar refractivity (Wildman–Crippen MR) is 68.0 cm³/mol. The first-order valence-electron chi connectivity index (χ1n) is 5.50. The van der Waals surface area contributed by atoms with Crippen LogP contribution in [0.25, 0.3) is 0 Å². The van der Waals surface area contributed by atoms with Crippen molar-refractivity contribution >= 4 is 23.7 Å². The largest absolute Gasteiger partial charge is 0.480 e. The van der Waals surface area contributed by atoms with Crippen LogP contribution in [0.3, 0.4) is 0 Å². The first kappa shape index (κ1) is 16.2. The van der Waals surface area contributed by atoms with Gasteiger partial charge in [-0.05, 0) is 32.9 Å². The zero-order valence-electron chi connectivity index (χ0n) is 10.6. The van der Waals surface area contributed by atoms with Crippen LogP contribution in [0.2, 0.25) is 0 Å². The first-order chi connectivity index (χ1) is 7.72. The third-order valence-corrected chi connectivity index (χ3v) is 2.78. The van der Waals surface area contributed by atoms with Gasteiger partial charge in [-0.1, -0.05) is 0 Å². The number of hydrogen-bond donors (Lipinski definition) is 2. The van der Waals surface area contributed by atoms with Gasteiger partial charge in [-0.3, -0.25) is 9.59 Å². The smallest absolute Gasteiger partial charge is 0.320 e. The average molecular weight is 263 g/mol. The number of thioether (sulfide) groups is 1. The van der Waals surface area contributed by atoms with E-state index in [4.69, 9.17) is 15.6 Å². The number of ether oxygens (including phenoxy) is 1. The lowest BCUT2D eigenvalue weighted by Gasteiger charge is -2.19. The summed E-state index contributed by atoms with van der Waals surface area (Å²) in [5, 5.41) is 8.55. The number of carbonyl (C=O) groups excluding carboxylic acids is 1. The van der Waals surface area contributed by atoms with Crippen molar-refractivity contribution in [2.24, 2.45) is 5.73 Å². The summed E-state index contributed by atoms with van der Waals surface area (Å²) in [6, 6.07) is -0.816. The first-order valence-corrected chi connectivity index (χ1v) is 6.66. The van der Waals surface area contributed by atoms with Gasteiger partial charge in [0.1, 0.15) is 11.6 Å². The van der Waals surface area contributed by atoms with Gasteiger partial charge in [0.05, 0.1) is 6.42 Å². The summed E-state index contributed by atoms with van der Waals surface area (Å²) in [6.07, 6.45) is 0.749. The molecule has 0 radical (unpaired) electrons. The van der Waals surface area contributed by atoms with E-state index in [1.165, 1.54) is 11.8 Å². The molecule has 0 aliphatic rings. The van der Waals surface area contributed by atoms with E-state index < -0.39 is 17.6 Å². The second-order valence-electron chi connectivity index (χ2n) is 4.68. The van der Waals surface area contributed by atoms with Crippen LogP contribution in [0.1, 0.15) is 33.6 Å². The summed E-state index contributed by atoms with van der Waals surface area (Å²) in [7, 11) is 0. The molecule has 100 valence electrons. The fraction of sp³-hybridized carbons (Fsp3) is 0.818. The number of rotatable bonds is 7. The highest BCUT2D eigenvalue weighted by Gasteiger charge is 2.16. The molecule has 1 atom stereocenters. The van der Waals surface area contributed by atoms with Crippen molar-refractivity contribution in [3.05, 3.63) is 0 Å². The topological polar surface area (TPSA) is 89.6 Å². The molecule has 0 unspecified atom stereocenters. The lowest BCUT2D eigenvalue weighted by atomic mass is 10.2. The molecule has 0 aliphatic carbocycles. The lowest BCUT2D eigenvalue weighted by Crippen LogP contribution is -2.30. The Labute approximate surface area is 106 Å². The summed E-state index contributed by atoms with van der Waals surface area (Å²) < 4.78 is 5.13. The second kappa shape index (κ2) is 7.55. The fourth-order valence-electron chi connectivity index (χ4n) is 0.984. The number of esters is 1. The Balaban J connectivity index is 3.52. The van der Waals surface area contributed by atoms with E-state index in [-0.39, 0.29) is 5.97 Å². The molecule has 0 saturated carbocycles. The minimum atomic E-state index is -0.988.